The lowest BCUT2D eigenvalue weighted by Gasteiger charge is -2.17. The molecular formula is C30H31IN2O3S. The number of nitrogens with one attached hydrogen (secondary N) is 2. The highest BCUT2D eigenvalue weighted by Gasteiger charge is 2.27. The molecule has 4 rings (SSSR count). The van der Waals surface area contributed by atoms with Gasteiger partial charge in [-0.1, -0.05) is 49.0 Å². The van der Waals surface area contributed by atoms with E-state index in [-0.39, 0.29) is 11.4 Å². The molecule has 1 aliphatic heterocycles. The smallest absolute Gasteiger partial charge is 0.260 e. The molecule has 0 saturated carbocycles. The van der Waals surface area contributed by atoms with Gasteiger partial charge in [-0.05, 0) is 102 Å². The van der Waals surface area contributed by atoms with Crippen LogP contribution in [0.1, 0.15) is 36.1 Å². The van der Waals surface area contributed by atoms with Crippen LogP contribution in [-0.2, 0) is 24.2 Å². The van der Waals surface area contributed by atoms with Crippen LogP contribution in [0, 0.1) is 3.57 Å². The van der Waals surface area contributed by atoms with Crippen LogP contribution in [0.25, 0.3) is 6.08 Å². The van der Waals surface area contributed by atoms with Crippen LogP contribution in [0.5, 0.6) is 11.5 Å². The SMILES string of the molecule is C=CCc1cc(/C=C2\S[C@H](Nc3ccc(CC)cc3)NC2=O)cc(OCC)c1OCc1ccc(I)cc1. The molecule has 1 aliphatic rings. The molecule has 5 nitrogen and oxygen atoms in total. The first kappa shape index (κ1) is 27.1. The number of anilines is 1. The molecule has 0 bridgehead atoms. The van der Waals surface area contributed by atoms with Crippen molar-refractivity contribution in [1.82, 2.24) is 5.32 Å². The van der Waals surface area contributed by atoms with Gasteiger partial charge in [-0.3, -0.25) is 4.79 Å². The number of thioether (sulfide) groups is 1. The van der Waals surface area contributed by atoms with E-state index in [9.17, 15) is 4.79 Å². The molecular weight excluding hydrogens is 595 g/mol. The maximum Gasteiger partial charge on any atom is 0.260 e. The van der Waals surface area contributed by atoms with Gasteiger partial charge in [-0.2, -0.15) is 0 Å². The van der Waals surface area contributed by atoms with E-state index in [1.165, 1.54) is 20.9 Å². The molecule has 0 unspecified atom stereocenters. The second-order valence-electron chi connectivity index (χ2n) is 8.52. The average Bonchev–Trinajstić information content (AvgIpc) is 3.23. The Morgan fingerprint density at radius 3 is 2.46 bits per heavy atom. The average molecular weight is 627 g/mol. The Hall–Kier alpha value is -2.91. The third-order valence-corrected chi connectivity index (χ3v) is 7.55. The molecule has 0 aliphatic carbocycles. The predicted octanol–water partition coefficient (Wildman–Crippen LogP) is 7.16. The number of carbonyl (C=O) groups excluding carboxylic acids is 1. The lowest BCUT2D eigenvalue weighted by atomic mass is 10.0. The van der Waals surface area contributed by atoms with Crippen molar-refractivity contribution in [2.24, 2.45) is 0 Å². The van der Waals surface area contributed by atoms with Crippen molar-refractivity contribution in [3.8, 4) is 11.5 Å². The summed E-state index contributed by atoms with van der Waals surface area (Å²) in [6, 6.07) is 20.5. The van der Waals surface area contributed by atoms with Gasteiger partial charge in [-0.25, -0.2) is 0 Å². The fraction of sp³-hybridized carbons (Fsp3) is 0.233. The zero-order valence-electron chi connectivity index (χ0n) is 21.1. The van der Waals surface area contributed by atoms with Gasteiger partial charge in [-0.15, -0.1) is 6.58 Å². The Bertz CT molecular complexity index is 1270. The number of amides is 1. The minimum atomic E-state index is -0.234. The monoisotopic (exact) mass is 626 g/mol. The largest absolute Gasteiger partial charge is 0.490 e. The summed E-state index contributed by atoms with van der Waals surface area (Å²) in [5.74, 6) is 1.27. The van der Waals surface area contributed by atoms with E-state index in [4.69, 9.17) is 9.47 Å². The number of halogens is 1. The Morgan fingerprint density at radius 2 is 1.78 bits per heavy atom. The van der Waals surface area contributed by atoms with E-state index >= 15 is 0 Å². The van der Waals surface area contributed by atoms with Gasteiger partial charge in [0.25, 0.3) is 5.91 Å². The fourth-order valence-electron chi connectivity index (χ4n) is 3.94. The second kappa shape index (κ2) is 13.1. The fourth-order valence-corrected chi connectivity index (χ4v) is 5.29. The molecule has 1 saturated heterocycles. The first-order valence-electron chi connectivity index (χ1n) is 12.3. The van der Waals surface area contributed by atoms with E-state index in [1.54, 1.807) is 0 Å². The molecule has 0 spiro atoms. The minimum absolute atomic E-state index is 0.102. The standard InChI is InChI=1S/C30H31IN2O3S/c1-4-7-23-16-22(17-26(35-6-3)28(23)36-19-21-8-12-24(31)13-9-21)18-27-29(34)33-30(37-27)32-25-14-10-20(5-2)11-15-25/h4,8-18,30,32H,1,5-7,19H2,2-3H3,(H,33,34)/b27-18-/t30-/m1/s1. The minimum Gasteiger partial charge on any atom is -0.490 e. The summed E-state index contributed by atoms with van der Waals surface area (Å²) < 4.78 is 13.4. The quantitative estimate of drug-likeness (QED) is 0.134. The van der Waals surface area contributed by atoms with Gasteiger partial charge in [0.15, 0.2) is 17.0 Å². The number of hydrogen-bond donors (Lipinski definition) is 2. The molecule has 1 atom stereocenters. The van der Waals surface area contributed by atoms with Gasteiger partial charge in [0.2, 0.25) is 0 Å². The number of benzene rings is 3. The van der Waals surface area contributed by atoms with Crippen molar-refractivity contribution in [3.05, 3.63) is 104 Å². The normalized spacial score (nSPS) is 15.9. The summed E-state index contributed by atoms with van der Waals surface area (Å²) in [5.41, 5.74) is 4.95. The molecule has 3 aromatic rings. The molecule has 0 radical (unpaired) electrons. The number of rotatable bonds is 11. The summed E-state index contributed by atoms with van der Waals surface area (Å²) >= 11 is 3.76. The van der Waals surface area contributed by atoms with E-state index in [0.29, 0.717) is 36.0 Å². The van der Waals surface area contributed by atoms with E-state index in [1.807, 2.05) is 43.3 Å². The molecule has 7 heteroatoms. The maximum absolute atomic E-state index is 12.7. The van der Waals surface area contributed by atoms with Crippen molar-refractivity contribution >= 4 is 52.0 Å². The third-order valence-electron chi connectivity index (χ3n) is 5.80. The van der Waals surface area contributed by atoms with Crippen molar-refractivity contribution in [3.63, 3.8) is 0 Å². The highest BCUT2D eigenvalue weighted by atomic mass is 127. The zero-order valence-corrected chi connectivity index (χ0v) is 24.0. The number of carbonyl (C=O) groups is 1. The second-order valence-corrected chi connectivity index (χ2v) is 10.9. The summed E-state index contributed by atoms with van der Waals surface area (Å²) in [6.45, 7) is 8.94. The van der Waals surface area contributed by atoms with Crippen LogP contribution in [0.2, 0.25) is 0 Å². The molecule has 0 aromatic heterocycles. The zero-order chi connectivity index (χ0) is 26.2. The number of ether oxygens (including phenoxy) is 2. The Morgan fingerprint density at radius 1 is 1.05 bits per heavy atom. The highest BCUT2D eigenvalue weighted by molar-refractivity contribution is 14.1. The topological polar surface area (TPSA) is 59.6 Å². The van der Waals surface area contributed by atoms with E-state index in [2.05, 4.69) is 83.1 Å². The maximum atomic E-state index is 12.7. The summed E-state index contributed by atoms with van der Waals surface area (Å²) in [6.07, 6.45) is 5.37. The number of aryl methyl sites for hydroxylation is 1. The molecule has 1 fully saturated rings. The van der Waals surface area contributed by atoms with Gasteiger partial charge < -0.3 is 20.1 Å². The van der Waals surface area contributed by atoms with Gasteiger partial charge in [0.05, 0.1) is 11.5 Å². The predicted molar refractivity (Wildman–Crippen MR) is 162 cm³/mol. The molecule has 37 heavy (non-hydrogen) atoms. The van der Waals surface area contributed by atoms with E-state index < -0.39 is 0 Å². The van der Waals surface area contributed by atoms with Gasteiger partial charge in [0.1, 0.15) is 6.61 Å². The lowest BCUT2D eigenvalue weighted by Crippen LogP contribution is -2.30. The Kier molecular flexibility index (Phi) is 9.57. The van der Waals surface area contributed by atoms with Crippen molar-refractivity contribution in [2.75, 3.05) is 11.9 Å². The van der Waals surface area contributed by atoms with Crippen LogP contribution in [0.15, 0.2) is 78.2 Å². The lowest BCUT2D eigenvalue weighted by molar-refractivity contribution is -0.116. The van der Waals surface area contributed by atoms with Crippen LogP contribution >= 0.6 is 34.4 Å². The Labute approximate surface area is 236 Å². The van der Waals surface area contributed by atoms with Crippen molar-refractivity contribution in [1.29, 1.82) is 0 Å². The molecule has 192 valence electrons. The molecule has 1 heterocycles. The third kappa shape index (κ3) is 7.32. The van der Waals surface area contributed by atoms with Gasteiger partial charge in [0, 0.05) is 14.8 Å². The van der Waals surface area contributed by atoms with Crippen molar-refractivity contribution < 1.29 is 14.3 Å². The molecule has 3 aromatic carbocycles. The molecule has 2 N–H and O–H groups in total. The molecule has 1 amide bonds. The first-order valence-corrected chi connectivity index (χ1v) is 14.3. The van der Waals surface area contributed by atoms with Crippen LogP contribution in [-0.4, -0.2) is 18.0 Å². The van der Waals surface area contributed by atoms with E-state index in [0.717, 1.165) is 28.8 Å². The van der Waals surface area contributed by atoms with Crippen LogP contribution in [0.4, 0.5) is 5.69 Å². The number of allylic oxidation sites excluding steroid dienone is 1. The van der Waals surface area contributed by atoms with Crippen LogP contribution < -0.4 is 20.1 Å². The summed E-state index contributed by atoms with van der Waals surface area (Å²) in [7, 11) is 0. The van der Waals surface area contributed by atoms with Gasteiger partial charge >= 0.3 is 0 Å². The summed E-state index contributed by atoms with van der Waals surface area (Å²) in [4.78, 5) is 13.4. The highest BCUT2D eigenvalue weighted by Crippen LogP contribution is 2.37. The number of hydrogen-bond acceptors (Lipinski definition) is 5. The van der Waals surface area contributed by atoms with Crippen LogP contribution in [0.3, 0.4) is 0 Å². The first-order chi connectivity index (χ1) is 18.0. The summed E-state index contributed by atoms with van der Waals surface area (Å²) in [5, 5.41) is 6.38. The van der Waals surface area contributed by atoms with Crippen molar-refractivity contribution in [2.45, 2.75) is 38.8 Å². The Balaban J connectivity index is 1.55.